The molecule has 0 aliphatic carbocycles. The average Bonchev–Trinajstić information content (AvgIpc) is 2.83. The molecule has 1 fully saturated rings. The quantitative estimate of drug-likeness (QED) is 0.858. The summed E-state index contributed by atoms with van der Waals surface area (Å²) >= 11 is 3.35. The van der Waals surface area contributed by atoms with Gasteiger partial charge in [0, 0.05) is 17.5 Å². The molecule has 2 rings (SSSR count). The normalized spacial score (nSPS) is 20.3. The van der Waals surface area contributed by atoms with Crippen LogP contribution >= 0.6 is 15.9 Å². The molecule has 0 saturated carbocycles. The third kappa shape index (κ3) is 3.18. The van der Waals surface area contributed by atoms with Crippen LogP contribution in [0.2, 0.25) is 0 Å². The van der Waals surface area contributed by atoms with E-state index in [0.717, 1.165) is 29.5 Å². The third-order valence-electron chi connectivity index (χ3n) is 3.09. The minimum Gasteiger partial charge on any atom is -0.378 e. The fourth-order valence-electron chi connectivity index (χ4n) is 2.17. The van der Waals surface area contributed by atoms with Crippen molar-refractivity contribution in [1.29, 1.82) is 5.26 Å². The Morgan fingerprint density at radius 3 is 3.06 bits per heavy atom. The van der Waals surface area contributed by atoms with E-state index in [1.807, 2.05) is 24.3 Å². The van der Waals surface area contributed by atoms with E-state index in [9.17, 15) is 10.1 Å². The summed E-state index contributed by atoms with van der Waals surface area (Å²) in [5, 5.41) is 9.19. The lowest BCUT2D eigenvalue weighted by atomic mass is 9.92. The van der Waals surface area contributed by atoms with Crippen LogP contribution in [0.25, 0.3) is 0 Å². The van der Waals surface area contributed by atoms with Crippen LogP contribution in [0.5, 0.6) is 0 Å². The summed E-state index contributed by atoms with van der Waals surface area (Å²) in [6.45, 7) is 0.728. The Labute approximate surface area is 115 Å². The number of hydrogen-bond donors (Lipinski definition) is 0. The van der Waals surface area contributed by atoms with Gasteiger partial charge in [0.15, 0.2) is 5.78 Å². The van der Waals surface area contributed by atoms with Gasteiger partial charge in [0.05, 0.1) is 12.2 Å². The molecule has 1 aromatic carbocycles. The van der Waals surface area contributed by atoms with Crippen molar-refractivity contribution >= 4 is 21.7 Å². The number of carbonyl (C=O) groups is 1. The van der Waals surface area contributed by atoms with Gasteiger partial charge in [0.2, 0.25) is 0 Å². The van der Waals surface area contributed by atoms with Crippen molar-refractivity contribution in [3.05, 3.63) is 34.3 Å². The maximum atomic E-state index is 12.1. The van der Waals surface area contributed by atoms with Gasteiger partial charge in [0.1, 0.15) is 5.92 Å². The van der Waals surface area contributed by atoms with Crippen LogP contribution in [0.3, 0.4) is 0 Å². The minimum atomic E-state index is -0.688. The lowest BCUT2D eigenvalue weighted by molar-refractivity contribution is -0.121. The molecular weight excluding hydrogens is 294 g/mol. The minimum absolute atomic E-state index is 0.000466. The van der Waals surface area contributed by atoms with Crippen molar-refractivity contribution in [3.8, 4) is 6.07 Å². The molecule has 1 aliphatic rings. The van der Waals surface area contributed by atoms with Gasteiger partial charge in [-0.15, -0.1) is 0 Å². The molecule has 0 bridgehead atoms. The number of rotatable bonds is 4. The van der Waals surface area contributed by atoms with E-state index in [4.69, 9.17) is 4.74 Å². The number of halogens is 1. The zero-order chi connectivity index (χ0) is 13.0. The predicted molar refractivity (Wildman–Crippen MR) is 71.1 cm³/mol. The van der Waals surface area contributed by atoms with E-state index >= 15 is 0 Å². The molecule has 1 saturated heterocycles. The molecule has 2 unspecified atom stereocenters. The van der Waals surface area contributed by atoms with Gasteiger partial charge in [-0.05, 0) is 30.5 Å². The molecule has 0 spiro atoms. The van der Waals surface area contributed by atoms with Crippen LogP contribution < -0.4 is 0 Å². The molecule has 2 atom stereocenters. The van der Waals surface area contributed by atoms with Gasteiger partial charge in [0.25, 0.3) is 0 Å². The van der Waals surface area contributed by atoms with E-state index in [1.165, 1.54) is 0 Å². The van der Waals surface area contributed by atoms with Crippen LogP contribution in [0, 0.1) is 11.3 Å². The van der Waals surface area contributed by atoms with Crippen molar-refractivity contribution in [2.75, 3.05) is 6.61 Å². The molecule has 1 heterocycles. The second kappa shape index (κ2) is 6.12. The SMILES string of the molecule is N#CC(C(=O)CC1CCCO1)c1cccc(Br)c1. The van der Waals surface area contributed by atoms with Crippen molar-refractivity contribution < 1.29 is 9.53 Å². The van der Waals surface area contributed by atoms with Gasteiger partial charge in [-0.25, -0.2) is 0 Å². The summed E-state index contributed by atoms with van der Waals surface area (Å²) < 4.78 is 6.32. The van der Waals surface area contributed by atoms with Crippen LogP contribution in [0.4, 0.5) is 0 Å². The smallest absolute Gasteiger partial charge is 0.157 e. The number of ether oxygens (including phenoxy) is 1. The maximum absolute atomic E-state index is 12.1. The molecular formula is C14H14BrNO2. The summed E-state index contributed by atoms with van der Waals surface area (Å²) in [5.41, 5.74) is 0.745. The van der Waals surface area contributed by atoms with E-state index in [1.54, 1.807) is 0 Å². The molecule has 0 N–H and O–H groups in total. The molecule has 0 amide bonds. The lowest BCUT2D eigenvalue weighted by Gasteiger charge is -2.12. The number of ketones is 1. The Morgan fingerprint density at radius 1 is 1.61 bits per heavy atom. The van der Waals surface area contributed by atoms with Crippen molar-refractivity contribution in [1.82, 2.24) is 0 Å². The lowest BCUT2D eigenvalue weighted by Crippen LogP contribution is -2.18. The first-order valence-corrected chi connectivity index (χ1v) is 6.79. The first-order chi connectivity index (χ1) is 8.70. The van der Waals surface area contributed by atoms with E-state index in [0.29, 0.717) is 6.42 Å². The van der Waals surface area contributed by atoms with Crippen LogP contribution in [-0.2, 0) is 9.53 Å². The Morgan fingerprint density at radius 2 is 2.44 bits per heavy atom. The van der Waals surface area contributed by atoms with E-state index in [-0.39, 0.29) is 11.9 Å². The number of Topliss-reactive ketones (excluding diaryl/α,β-unsaturated/α-hetero) is 1. The molecule has 0 aromatic heterocycles. The fraction of sp³-hybridized carbons (Fsp3) is 0.429. The number of carbonyl (C=O) groups excluding carboxylic acids is 1. The highest BCUT2D eigenvalue weighted by molar-refractivity contribution is 9.10. The van der Waals surface area contributed by atoms with Gasteiger partial charge < -0.3 is 4.74 Å². The van der Waals surface area contributed by atoms with Crippen LogP contribution in [0.15, 0.2) is 28.7 Å². The second-order valence-corrected chi connectivity index (χ2v) is 5.34. The summed E-state index contributed by atoms with van der Waals surface area (Å²) in [6, 6.07) is 9.44. The fourth-order valence-corrected chi connectivity index (χ4v) is 2.58. The van der Waals surface area contributed by atoms with Crippen molar-refractivity contribution in [3.63, 3.8) is 0 Å². The second-order valence-electron chi connectivity index (χ2n) is 4.42. The zero-order valence-electron chi connectivity index (χ0n) is 9.93. The summed E-state index contributed by atoms with van der Waals surface area (Å²) in [5.74, 6) is -0.741. The highest BCUT2D eigenvalue weighted by Gasteiger charge is 2.25. The molecule has 3 nitrogen and oxygen atoms in total. The molecule has 18 heavy (non-hydrogen) atoms. The Bertz CT molecular complexity index is 475. The number of nitrogens with zero attached hydrogens (tertiary/aromatic N) is 1. The summed E-state index contributed by atoms with van der Waals surface area (Å²) in [6.07, 6.45) is 2.26. The largest absolute Gasteiger partial charge is 0.378 e. The summed E-state index contributed by atoms with van der Waals surface area (Å²) in [4.78, 5) is 12.1. The molecule has 1 aromatic rings. The molecule has 0 radical (unpaired) electrons. The Balaban J connectivity index is 2.08. The highest BCUT2D eigenvalue weighted by Crippen LogP contribution is 2.24. The average molecular weight is 308 g/mol. The number of benzene rings is 1. The first kappa shape index (κ1) is 13.3. The Kier molecular flexibility index (Phi) is 4.51. The monoisotopic (exact) mass is 307 g/mol. The standard InChI is InChI=1S/C14H14BrNO2/c15-11-4-1-3-10(7-11)13(9-16)14(17)8-12-5-2-6-18-12/h1,3-4,7,12-13H,2,5-6,8H2. The van der Waals surface area contributed by atoms with Gasteiger partial charge in [-0.3, -0.25) is 4.79 Å². The van der Waals surface area contributed by atoms with Crippen molar-refractivity contribution in [2.24, 2.45) is 0 Å². The van der Waals surface area contributed by atoms with Crippen LogP contribution in [0.1, 0.15) is 30.7 Å². The number of hydrogen-bond acceptors (Lipinski definition) is 3. The van der Waals surface area contributed by atoms with Gasteiger partial charge in [-0.1, -0.05) is 28.1 Å². The van der Waals surface area contributed by atoms with Crippen LogP contribution in [-0.4, -0.2) is 18.5 Å². The molecule has 1 aliphatic heterocycles. The third-order valence-corrected chi connectivity index (χ3v) is 3.58. The molecule has 94 valence electrons. The highest BCUT2D eigenvalue weighted by atomic mass is 79.9. The Hall–Kier alpha value is -1.18. The van der Waals surface area contributed by atoms with Gasteiger partial charge in [-0.2, -0.15) is 5.26 Å². The van der Waals surface area contributed by atoms with Gasteiger partial charge >= 0.3 is 0 Å². The zero-order valence-corrected chi connectivity index (χ0v) is 11.5. The summed E-state index contributed by atoms with van der Waals surface area (Å²) in [7, 11) is 0. The first-order valence-electron chi connectivity index (χ1n) is 6.00. The predicted octanol–water partition coefficient (Wildman–Crippen LogP) is 3.19. The van der Waals surface area contributed by atoms with E-state index < -0.39 is 5.92 Å². The maximum Gasteiger partial charge on any atom is 0.157 e. The van der Waals surface area contributed by atoms with Crippen molar-refractivity contribution in [2.45, 2.75) is 31.3 Å². The number of nitriles is 1. The topological polar surface area (TPSA) is 50.1 Å². The van der Waals surface area contributed by atoms with E-state index in [2.05, 4.69) is 22.0 Å². The molecule has 4 heteroatoms.